The Morgan fingerprint density at radius 1 is 1.54 bits per heavy atom. The van der Waals surface area contributed by atoms with Crippen LogP contribution in [0.1, 0.15) is 0 Å². The molecule has 0 radical (unpaired) electrons. The van der Waals surface area contributed by atoms with Gasteiger partial charge in [-0.25, -0.2) is 4.39 Å². The van der Waals surface area contributed by atoms with Gasteiger partial charge in [-0.05, 0) is 12.1 Å². The Labute approximate surface area is 76.7 Å². The fourth-order valence-corrected chi connectivity index (χ4v) is 0.993. The van der Waals surface area contributed by atoms with Crippen LogP contribution in [0.25, 0.3) is 0 Å². The van der Waals surface area contributed by atoms with E-state index >= 15 is 0 Å². The van der Waals surface area contributed by atoms with Gasteiger partial charge >= 0.3 is 0 Å². The molecular formula is C9H13FN2O. The van der Waals surface area contributed by atoms with Crippen LogP contribution in [-0.2, 0) is 0 Å². The molecule has 72 valence electrons. The lowest BCUT2D eigenvalue weighted by molar-refractivity contribution is 0.386. The maximum atomic E-state index is 13.1. The van der Waals surface area contributed by atoms with Crippen molar-refractivity contribution in [2.75, 3.05) is 25.5 Å². The number of rotatable bonds is 4. The predicted octanol–water partition coefficient (Wildman–Crippen LogP) is 1.20. The van der Waals surface area contributed by atoms with Crippen LogP contribution in [0.15, 0.2) is 18.2 Å². The van der Waals surface area contributed by atoms with Crippen LogP contribution >= 0.6 is 0 Å². The van der Waals surface area contributed by atoms with Gasteiger partial charge in [-0.2, -0.15) is 0 Å². The van der Waals surface area contributed by atoms with Gasteiger partial charge in [0.2, 0.25) is 0 Å². The van der Waals surface area contributed by atoms with E-state index in [1.165, 1.54) is 13.2 Å². The molecule has 0 aliphatic rings. The molecule has 1 aromatic carbocycles. The molecule has 3 N–H and O–H groups in total. The van der Waals surface area contributed by atoms with Crippen LogP contribution in [0.4, 0.5) is 10.1 Å². The standard InChI is InChI=1S/C9H13FN2O/c1-13-9-3-2-7(6-8(9)10)12-5-4-11/h2-3,6,12H,4-5,11H2,1H3. The minimum absolute atomic E-state index is 0.248. The minimum Gasteiger partial charge on any atom is -0.494 e. The molecule has 0 saturated heterocycles. The summed E-state index contributed by atoms with van der Waals surface area (Å²) in [6.45, 7) is 1.15. The monoisotopic (exact) mass is 184 g/mol. The molecule has 0 aromatic heterocycles. The maximum Gasteiger partial charge on any atom is 0.167 e. The fraction of sp³-hybridized carbons (Fsp3) is 0.333. The first-order chi connectivity index (χ1) is 6.27. The van der Waals surface area contributed by atoms with E-state index in [1.54, 1.807) is 12.1 Å². The van der Waals surface area contributed by atoms with Crippen LogP contribution in [0, 0.1) is 5.82 Å². The van der Waals surface area contributed by atoms with E-state index in [-0.39, 0.29) is 11.6 Å². The van der Waals surface area contributed by atoms with E-state index < -0.39 is 0 Å². The maximum absolute atomic E-state index is 13.1. The zero-order valence-corrected chi connectivity index (χ0v) is 7.51. The van der Waals surface area contributed by atoms with Gasteiger partial charge < -0.3 is 15.8 Å². The first-order valence-electron chi connectivity index (χ1n) is 4.05. The Bertz CT molecular complexity index is 278. The van der Waals surface area contributed by atoms with Crippen molar-refractivity contribution in [2.24, 2.45) is 5.73 Å². The van der Waals surface area contributed by atoms with Crippen molar-refractivity contribution in [3.8, 4) is 5.75 Å². The van der Waals surface area contributed by atoms with E-state index in [0.717, 1.165) is 0 Å². The Balaban J connectivity index is 2.71. The van der Waals surface area contributed by atoms with Gasteiger partial charge in [0, 0.05) is 24.8 Å². The number of hydrogen-bond acceptors (Lipinski definition) is 3. The normalized spacial score (nSPS) is 9.77. The SMILES string of the molecule is COc1ccc(NCCN)cc1F. The van der Waals surface area contributed by atoms with Crippen LogP contribution in [0.2, 0.25) is 0 Å². The van der Waals surface area contributed by atoms with Crippen LogP contribution in [0.3, 0.4) is 0 Å². The summed E-state index contributed by atoms with van der Waals surface area (Å²) in [7, 11) is 1.44. The molecule has 0 fully saturated rings. The van der Waals surface area contributed by atoms with Crippen molar-refractivity contribution in [1.82, 2.24) is 0 Å². The second kappa shape index (κ2) is 4.67. The van der Waals surface area contributed by atoms with E-state index in [0.29, 0.717) is 18.8 Å². The number of nitrogens with two attached hydrogens (primary N) is 1. The molecule has 4 heteroatoms. The molecule has 0 atom stereocenters. The highest BCUT2D eigenvalue weighted by atomic mass is 19.1. The Morgan fingerprint density at radius 3 is 2.85 bits per heavy atom. The average molecular weight is 184 g/mol. The zero-order chi connectivity index (χ0) is 9.68. The molecule has 0 heterocycles. The first-order valence-corrected chi connectivity index (χ1v) is 4.05. The van der Waals surface area contributed by atoms with Gasteiger partial charge in [0.1, 0.15) is 0 Å². The lowest BCUT2D eigenvalue weighted by Crippen LogP contribution is -2.13. The van der Waals surface area contributed by atoms with Crippen molar-refractivity contribution in [2.45, 2.75) is 0 Å². The van der Waals surface area contributed by atoms with Gasteiger partial charge in [-0.3, -0.25) is 0 Å². The van der Waals surface area contributed by atoms with Crippen molar-refractivity contribution in [3.63, 3.8) is 0 Å². The molecule has 13 heavy (non-hydrogen) atoms. The van der Waals surface area contributed by atoms with Crippen LogP contribution in [0.5, 0.6) is 5.75 Å². The van der Waals surface area contributed by atoms with E-state index in [9.17, 15) is 4.39 Å². The summed E-state index contributed by atoms with van der Waals surface area (Å²) >= 11 is 0. The largest absolute Gasteiger partial charge is 0.494 e. The number of nitrogens with one attached hydrogen (secondary N) is 1. The van der Waals surface area contributed by atoms with Crippen molar-refractivity contribution >= 4 is 5.69 Å². The second-order valence-corrected chi connectivity index (χ2v) is 2.56. The summed E-state index contributed by atoms with van der Waals surface area (Å²) in [4.78, 5) is 0. The zero-order valence-electron chi connectivity index (χ0n) is 7.51. The van der Waals surface area contributed by atoms with Gasteiger partial charge in [-0.15, -0.1) is 0 Å². The van der Waals surface area contributed by atoms with Gasteiger partial charge in [0.05, 0.1) is 7.11 Å². The third-order valence-corrected chi connectivity index (χ3v) is 1.63. The third kappa shape index (κ3) is 2.59. The molecule has 0 bridgehead atoms. The number of methoxy groups -OCH3 is 1. The highest BCUT2D eigenvalue weighted by molar-refractivity contribution is 5.47. The van der Waals surface area contributed by atoms with Gasteiger partial charge in [0.25, 0.3) is 0 Å². The number of benzene rings is 1. The van der Waals surface area contributed by atoms with Gasteiger partial charge in [-0.1, -0.05) is 0 Å². The van der Waals surface area contributed by atoms with E-state index in [4.69, 9.17) is 10.5 Å². The predicted molar refractivity (Wildman–Crippen MR) is 50.5 cm³/mol. The lowest BCUT2D eigenvalue weighted by Gasteiger charge is -2.06. The molecule has 3 nitrogen and oxygen atoms in total. The molecule has 0 unspecified atom stereocenters. The molecule has 0 amide bonds. The molecule has 0 aliphatic heterocycles. The van der Waals surface area contributed by atoms with E-state index in [2.05, 4.69) is 5.32 Å². The average Bonchev–Trinajstić information content (AvgIpc) is 2.15. The Morgan fingerprint density at radius 2 is 2.31 bits per heavy atom. The smallest absolute Gasteiger partial charge is 0.167 e. The van der Waals surface area contributed by atoms with Gasteiger partial charge in [0.15, 0.2) is 11.6 Å². The summed E-state index contributed by atoms with van der Waals surface area (Å²) in [5, 5.41) is 2.97. The summed E-state index contributed by atoms with van der Waals surface area (Å²) in [5.41, 5.74) is 6.00. The minimum atomic E-state index is -0.371. The molecule has 0 aliphatic carbocycles. The van der Waals surface area contributed by atoms with Crippen molar-refractivity contribution in [3.05, 3.63) is 24.0 Å². The van der Waals surface area contributed by atoms with Crippen molar-refractivity contribution < 1.29 is 9.13 Å². The number of ether oxygens (including phenoxy) is 1. The summed E-state index contributed by atoms with van der Waals surface area (Å²) < 4.78 is 17.9. The molecule has 0 spiro atoms. The molecule has 0 saturated carbocycles. The third-order valence-electron chi connectivity index (χ3n) is 1.63. The topological polar surface area (TPSA) is 47.3 Å². The highest BCUT2D eigenvalue weighted by Crippen LogP contribution is 2.20. The molecular weight excluding hydrogens is 171 g/mol. The van der Waals surface area contributed by atoms with E-state index in [1.807, 2.05) is 0 Å². The Hall–Kier alpha value is -1.29. The Kier molecular flexibility index (Phi) is 3.52. The quantitative estimate of drug-likeness (QED) is 0.739. The number of anilines is 1. The first kappa shape index (κ1) is 9.80. The summed E-state index contributed by atoms with van der Waals surface area (Å²) in [6.07, 6.45) is 0. The molecule has 1 rings (SSSR count). The lowest BCUT2D eigenvalue weighted by atomic mass is 10.3. The summed E-state index contributed by atoms with van der Waals surface area (Å²) in [6, 6.07) is 4.71. The summed E-state index contributed by atoms with van der Waals surface area (Å²) in [5.74, 6) is -0.122. The fourth-order valence-electron chi connectivity index (χ4n) is 0.993. The van der Waals surface area contributed by atoms with Crippen LogP contribution < -0.4 is 15.8 Å². The van der Waals surface area contributed by atoms with Crippen LogP contribution in [-0.4, -0.2) is 20.2 Å². The number of hydrogen-bond donors (Lipinski definition) is 2. The second-order valence-electron chi connectivity index (χ2n) is 2.56. The highest BCUT2D eigenvalue weighted by Gasteiger charge is 2.01. The molecule has 1 aromatic rings. The van der Waals surface area contributed by atoms with Crippen molar-refractivity contribution in [1.29, 1.82) is 0 Å². The number of halogens is 1.